The molecule has 1 aliphatic carbocycles. The summed E-state index contributed by atoms with van der Waals surface area (Å²) in [7, 11) is 0. The van der Waals surface area contributed by atoms with Gasteiger partial charge in [-0.25, -0.2) is 0 Å². The molecule has 0 atom stereocenters. The maximum absolute atomic E-state index is 2.48. The van der Waals surface area contributed by atoms with Crippen LogP contribution in [0.1, 0.15) is 25.1 Å². The summed E-state index contributed by atoms with van der Waals surface area (Å²) in [6.07, 6.45) is 0. The molecular formula is C53H40N2. The maximum Gasteiger partial charge on any atom is 0.0538 e. The van der Waals surface area contributed by atoms with Crippen molar-refractivity contribution in [3.05, 3.63) is 218 Å². The molecule has 8 aromatic carbocycles. The van der Waals surface area contributed by atoms with E-state index in [1.54, 1.807) is 0 Å². The highest BCUT2D eigenvalue weighted by molar-refractivity contribution is 6.04. The molecule has 1 aliphatic rings. The average Bonchev–Trinajstić information content (AvgIpc) is 3.72. The molecule has 0 saturated carbocycles. The van der Waals surface area contributed by atoms with Gasteiger partial charge in [0.05, 0.1) is 5.52 Å². The monoisotopic (exact) mass is 704 g/mol. The highest BCUT2D eigenvalue weighted by Crippen LogP contribution is 2.54. The SMILES string of the molecule is CC1(C)c2cc(-c3cccc(N(c4ccc(-c5ccccc5)cc4)c4ccc(-c5ccccc5)cc4)c3)ccc2-c2c1n(-c1ccccc1)c1ccccc21. The van der Waals surface area contributed by atoms with Gasteiger partial charge in [-0.1, -0.05) is 159 Å². The Labute approximate surface area is 323 Å². The van der Waals surface area contributed by atoms with E-state index in [1.807, 2.05) is 0 Å². The third kappa shape index (κ3) is 5.57. The van der Waals surface area contributed by atoms with E-state index in [4.69, 9.17) is 0 Å². The first-order chi connectivity index (χ1) is 27.0. The predicted octanol–water partition coefficient (Wildman–Crippen LogP) is 14.4. The summed E-state index contributed by atoms with van der Waals surface area (Å²) >= 11 is 0. The van der Waals surface area contributed by atoms with Gasteiger partial charge in [-0.3, -0.25) is 0 Å². The summed E-state index contributed by atoms with van der Waals surface area (Å²) in [4.78, 5) is 2.37. The summed E-state index contributed by atoms with van der Waals surface area (Å²) < 4.78 is 2.48. The standard InChI is InChI=1S/C53H40N2/c1-53(2)49-36-42(29-34-47(49)51-48-23-12-13-24-50(48)55(52(51)53)43-20-10-5-11-21-43)41-19-14-22-46(35-41)54(44-30-25-39(26-31-44)37-15-6-3-7-16-37)45-32-27-40(28-33-45)38-17-8-4-9-18-38/h3-36H,1-2H3. The number of hydrogen-bond acceptors (Lipinski definition) is 1. The second-order valence-electron chi connectivity index (χ2n) is 15.0. The zero-order valence-corrected chi connectivity index (χ0v) is 31.0. The van der Waals surface area contributed by atoms with Crippen LogP contribution in [0.4, 0.5) is 17.1 Å². The molecule has 10 rings (SSSR count). The number of hydrogen-bond donors (Lipinski definition) is 0. The molecule has 1 aromatic heterocycles. The molecule has 0 aliphatic heterocycles. The summed E-state index contributed by atoms with van der Waals surface area (Å²) in [6.45, 7) is 4.77. The molecule has 0 amide bonds. The van der Waals surface area contributed by atoms with Gasteiger partial charge in [0, 0.05) is 44.8 Å². The first-order valence-electron chi connectivity index (χ1n) is 19.1. The minimum Gasteiger partial charge on any atom is -0.312 e. The van der Waals surface area contributed by atoms with Crippen LogP contribution >= 0.6 is 0 Å². The Bertz CT molecular complexity index is 2710. The maximum atomic E-state index is 2.48. The van der Waals surface area contributed by atoms with Gasteiger partial charge in [-0.15, -0.1) is 0 Å². The van der Waals surface area contributed by atoms with Gasteiger partial charge in [0.2, 0.25) is 0 Å². The minimum atomic E-state index is -0.208. The zero-order valence-electron chi connectivity index (χ0n) is 31.0. The first kappa shape index (κ1) is 32.7. The second kappa shape index (κ2) is 13.2. The van der Waals surface area contributed by atoms with E-state index in [2.05, 4.69) is 230 Å². The van der Waals surface area contributed by atoms with Crippen LogP contribution in [0.15, 0.2) is 206 Å². The lowest BCUT2D eigenvalue weighted by atomic mass is 9.83. The van der Waals surface area contributed by atoms with Crippen molar-refractivity contribution >= 4 is 28.0 Å². The number of rotatable bonds is 7. The molecule has 0 saturated heterocycles. The van der Waals surface area contributed by atoms with Crippen LogP contribution in [-0.4, -0.2) is 4.57 Å². The Balaban J connectivity index is 1.07. The van der Waals surface area contributed by atoms with E-state index in [1.165, 1.54) is 72.4 Å². The highest BCUT2D eigenvalue weighted by atomic mass is 15.1. The fourth-order valence-electron chi connectivity index (χ4n) is 8.68. The van der Waals surface area contributed by atoms with Gasteiger partial charge >= 0.3 is 0 Å². The third-order valence-corrected chi connectivity index (χ3v) is 11.3. The molecular weight excluding hydrogens is 665 g/mol. The Morgan fingerprint density at radius 2 is 0.891 bits per heavy atom. The first-order valence-corrected chi connectivity index (χ1v) is 19.1. The van der Waals surface area contributed by atoms with Crippen LogP contribution in [0.5, 0.6) is 0 Å². The molecule has 0 bridgehead atoms. The van der Waals surface area contributed by atoms with Gasteiger partial charge in [-0.05, 0) is 105 Å². The van der Waals surface area contributed by atoms with E-state index in [0.29, 0.717) is 0 Å². The lowest BCUT2D eigenvalue weighted by Gasteiger charge is -2.27. The van der Waals surface area contributed by atoms with Gasteiger partial charge in [0.1, 0.15) is 0 Å². The number of benzene rings is 8. The topological polar surface area (TPSA) is 8.17 Å². The second-order valence-corrected chi connectivity index (χ2v) is 15.0. The third-order valence-electron chi connectivity index (χ3n) is 11.3. The smallest absolute Gasteiger partial charge is 0.0538 e. The molecule has 262 valence electrons. The molecule has 55 heavy (non-hydrogen) atoms. The van der Waals surface area contributed by atoms with E-state index >= 15 is 0 Å². The van der Waals surface area contributed by atoms with Gasteiger partial charge in [0.15, 0.2) is 0 Å². The van der Waals surface area contributed by atoms with Crippen molar-refractivity contribution in [2.24, 2.45) is 0 Å². The van der Waals surface area contributed by atoms with Crippen molar-refractivity contribution in [2.45, 2.75) is 19.3 Å². The number of nitrogens with zero attached hydrogens (tertiary/aromatic N) is 2. The molecule has 1 heterocycles. The van der Waals surface area contributed by atoms with Crippen molar-refractivity contribution in [3.63, 3.8) is 0 Å². The summed E-state index contributed by atoms with van der Waals surface area (Å²) in [5.74, 6) is 0. The van der Waals surface area contributed by atoms with Crippen LogP contribution < -0.4 is 4.90 Å². The lowest BCUT2D eigenvalue weighted by Crippen LogP contribution is -2.20. The van der Waals surface area contributed by atoms with E-state index in [0.717, 1.165) is 17.1 Å². The van der Waals surface area contributed by atoms with Crippen molar-refractivity contribution in [1.82, 2.24) is 4.57 Å². The summed E-state index contributed by atoms with van der Waals surface area (Å²) in [5, 5.41) is 1.30. The minimum absolute atomic E-state index is 0.208. The van der Waals surface area contributed by atoms with Crippen LogP contribution in [0.2, 0.25) is 0 Å². The van der Waals surface area contributed by atoms with Crippen LogP contribution in [0.3, 0.4) is 0 Å². The molecule has 0 unspecified atom stereocenters. The number of fused-ring (bicyclic) bond motifs is 5. The van der Waals surface area contributed by atoms with Crippen LogP contribution in [-0.2, 0) is 5.41 Å². The van der Waals surface area contributed by atoms with Crippen molar-refractivity contribution < 1.29 is 0 Å². The molecule has 0 radical (unpaired) electrons. The Morgan fingerprint density at radius 3 is 1.51 bits per heavy atom. The molecule has 2 heteroatoms. The quantitative estimate of drug-likeness (QED) is 0.160. The van der Waals surface area contributed by atoms with Crippen molar-refractivity contribution in [2.75, 3.05) is 4.90 Å². The number of para-hydroxylation sites is 2. The average molecular weight is 705 g/mol. The van der Waals surface area contributed by atoms with Crippen molar-refractivity contribution in [1.29, 1.82) is 0 Å². The fourth-order valence-corrected chi connectivity index (χ4v) is 8.68. The van der Waals surface area contributed by atoms with E-state index < -0.39 is 0 Å². The molecule has 2 nitrogen and oxygen atoms in total. The predicted molar refractivity (Wildman–Crippen MR) is 232 cm³/mol. The molecule has 0 fully saturated rings. The highest BCUT2D eigenvalue weighted by Gasteiger charge is 2.41. The molecule has 9 aromatic rings. The molecule has 0 spiro atoms. The van der Waals surface area contributed by atoms with Crippen LogP contribution in [0, 0.1) is 0 Å². The Kier molecular flexibility index (Phi) is 7.85. The summed E-state index contributed by atoms with van der Waals surface area (Å²) in [6, 6.07) is 74.8. The largest absolute Gasteiger partial charge is 0.312 e. The fraction of sp³-hybridized carbons (Fsp3) is 0.0566. The van der Waals surface area contributed by atoms with E-state index in [9.17, 15) is 0 Å². The van der Waals surface area contributed by atoms with Gasteiger partial charge < -0.3 is 9.47 Å². The van der Waals surface area contributed by atoms with E-state index in [-0.39, 0.29) is 5.41 Å². The van der Waals surface area contributed by atoms with Gasteiger partial charge in [-0.2, -0.15) is 0 Å². The summed E-state index contributed by atoms with van der Waals surface area (Å²) in [5.41, 5.74) is 18.2. The molecule has 0 N–H and O–H groups in total. The zero-order chi connectivity index (χ0) is 36.9. The van der Waals surface area contributed by atoms with Gasteiger partial charge in [0.25, 0.3) is 0 Å². The van der Waals surface area contributed by atoms with Crippen LogP contribution in [0.25, 0.3) is 61.1 Å². The lowest BCUT2D eigenvalue weighted by molar-refractivity contribution is 0.624. The Morgan fingerprint density at radius 1 is 0.400 bits per heavy atom. The number of anilines is 3. The van der Waals surface area contributed by atoms with Crippen molar-refractivity contribution in [3.8, 4) is 50.2 Å². The number of aromatic nitrogens is 1. The normalized spacial score (nSPS) is 12.7. The Hall–Kier alpha value is -6.90.